The zero-order valence-corrected chi connectivity index (χ0v) is 19.7. The summed E-state index contributed by atoms with van der Waals surface area (Å²) in [5.74, 6) is 2.67. The van der Waals surface area contributed by atoms with Gasteiger partial charge >= 0.3 is 0 Å². The summed E-state index contributed by atoms with van der Waals surface area (Å²) in [6, 6.07) is 9.74. The Hall–Kier alpha value is -3.74. The summed E-state index contributed by atoms with van der Waals surface area (Å²) < 4.78 is 19.3. The fourth-order valence-electron chi connectivity index (χ4n) is 5.11. The van der Waals surface area contributed by atoms with Gasteiger partial charge in [-0.3, -0.25) is 0 Å². The number of aromatic nitrogens is 3. The predicted molar refractivity (Wildman–Crippen MR) is 126 cm³/mol. The van der Waals surface area contributed by atoms with E-state index in [0.29, 0.717) is 23.2 Å². The van der Waals surface area contributed by atoms with Crippen LogP contribution in [0.3, 0.4) is 0 Å². The number of hydrogen-bond acceptors (Lipinski definition) is 6. The molecule has 2 aromatic carbocycles. The maximum atomic E-state index is 10.0. The van der Waals surface area contributed by atoms with Crippen LogP contribution in [0, 0.1) is 20.8 Å². The highest BCUT2D eigenvalue weighted by Crippen LogP contribution is 2.51. The van der Waals surface area contributed by atoms with E-state index in [0.717, 1.165) is 45.6 Å². The lowest BCUT2D eigenvalue weighted by Crippen LogP contribution is -2.17. The van der Waals surface area contributed by atoms with Gasteiger partial charge in [-0.1, -0.05) is 11.2 Å². The van der Waals surface area contributed by atoms with E-state index >= 15 is 0 Å². The number of phenols is 1. The number of nitrogens with zero attached hydrogens (tertiary/aromatic N) is 3. The normalized spacial score (nSPS) is 14.7. The quantitative estimate of drug-likeness (QED) is 0.438. The maximum absolute atomic E-state index is 10.0. The monoisotopic (exact) mass is 445 g/mol. The fourth-order valence-corrected chi connectivity index (χ4v) is 5.11. The molecule has 1 unspecified atom stereocenters. The molecule has 0 fully saturated rings. The van der Waals surface area contributed by atoms with Crippen molar-refractivity contribution >= 4 is 0 Å². The third kappa shape index (κ3) is 3.18. The Morgan fingerprint density at radius 1 is 1.00 bits per heavy atom. The van der Waals surface area contributed by atoms with Gasteiger partial charge in [0.15, 0.2) is 17.3 Å². The maximum Gasteiger partial charge on any atom is 0.260 e. The van der Waals surface area contributed by atoms with E-state index in [9.17, 15) is 5.11 Å². The first kappa shape index (κ1) is 21.1. The molecule has 33 heavy (non-hydrogen) atoms. The van der Waals surface area contributed by atoms with E-state index < -0.39 is 0 Å². The molecule has 0 bridgehead atoms. The van der Waals surface area contributed by atoms with Crippen LogP contribution in [0.15, 0.2) is 34.9 Å². The summed E-state index contributed by atoms with van der Waals surface area (Å²) in [5, 5.41) is 14.1. The molecule has 2 aromatic heterocycles. The third-order valence-electron chi connectivity index (χ3n) is 6.49. The van der Waals surface area contributed by atoms with Crippen molar-refractivity contribution in [1.29, 1.82) is 0 Å². The van der Waals surface area contributed by atoms with Crippen molar-refractivity contribution in [3.8, 4) is 51.1 Å². The summed E-state index contributed by atoms with van der Waals surface area (Å²) in [5.41, 5.74) is 8.28. The Morgan fingerprint density at radius 2 is 1.73 bits per heavy atom. The van der Waals surface area contributed by atoms with Gasteiger partial charge in [0.25, 0.3) is 5.89 Å². The molecule has 1 atom stereocenters. The number of aryl methyl sites for hydroxylation is 2. The number of fused-ring (bicyclic) bond motifs is 3. The minimum absolute atomic E-state index is 0.208. The predicted octanol–water partition coefficient (Wildman–Crippen LogP) is 5.64. The summed E-state index contributed by atoms with van der Waals surface area (Å²) in [7, 11) is 3.30. The van der Waals surface area contributed by atoms with Crippen molar-refractivity contribution in [3.05, 3.63) is 53.0 Å². The molecule has 1 aliphatic heterocycles. The van der Waals surface area contributed by atoms with Crippen molar-refractivity contribution in [2.24, 2.45) is 0 Å². The van der Waals surface area contributed by atoms with Gasteiger partial charge in [-0.25, -0.2) is 0 Å². The third-order valence-corrected chi connectivity index (χ3v) is 6.49. The van der Waals surface area contributed by atoms with Gasteiger partial charge in [-0.15, -0.1) is 0 Å². The number of benzene rings is 2. The molecule has 1 aliphatic rings. The second-order valence-corrected chi connectivity index (χ2v) is 8.62. The average molecular weight is 446 g/mol. The molecule has 0 aliphatic carbocycles. The van der Waals surface area contributed by atoms with Crippen LogP contribution in [-0.4, -0.2) is 34.0 Å². The van der Waals surface area contributed by atoms with E-state index in [2.05, 4.69) is 34.6 Å². The molecule has 5 rings (SSSR count). The van der Waals surface area contributed by atoms with Crippen LogP contribution < -0.4 is 9.47 Å². The number of ether oxygens (including phenoxy) is 2. The Labute approximate surface area is 192 Å². The molecule has 170 valence electrons. The van der Waals surface area contributed by atoms with Gasteiger partial charge in [0.1, 0.15) is 5.75 Å². The van der Waals surface area contributed by atoms with E-state index in [-0.39, 0.29) is 11.8 Å². The number of aromatic hydroxyl groups is 1. The van der Waals surface area contributed by atoms with Crippen LogP contribution in [0.4, 0.5) is 0 Å². The Morgan fingerprint density at radius 3 is 2.36 bits per heavy atom. The SMILES string of the molecule is COc1cc2c(cc1OC)-c1c(-c3nc(C)no3)c(-c3ccc(O)cc3C)c(C)n1C(C)C2. The highest BCUT2D eigenvalue weighted by Gasteiger charge is 2.34. The number of methoxy groups -OCH3 is 2. The van der Waals surface area contributed by atoms with Crippen molar-refractivity contribution in [3.63, 3.8) is 0 Å². The summed E-state index contributed by atoms with van der Waals surface area (Å²) >= 11 is 0. The van der Waals surface area contributed by atoms with Crippen molar-refractivity contribution in [2.75, 3.05) is 14.2 Å². The Kier molecular flexibility index (Phi) is 4.92. The molecule has 3 heterocycles. The molecular formula is C26H27N3O4. The number of rotatable bonds is 4. The average Bonchev–Trinajstić information content (AvgIpc) is 3.34. The second kappa shape index (κ2) is 7.69. The molecule has 4 aromatic rings. The highest BCUT2D eigenvalue weighted by atomic mass is 16.5. The van der Waals surface area contributed by atoms with Gasteiger partial charge in [-0.05, 0) is 75.1 Å². The summed E-state index contributed by atoms with van der Waals surface area (Å²) in [6.45, 7) is 8.16. The van der Waals surface area contributed by atoms with E-state index in [1.807, 2.05) is 26.0 Å². The first-order valence-corrected chi connectivity index (χ1v) is 10.9. The minimum Gasteiger partial charge on any atom is -0.508 e. The van der Waals surface area contributed by atoms with Crippen LogP contribution in [0.5, 0.6) is 17.2 Å². The smallest absolute Gasteiger partial charge is 0.260 e. The van der Waals surface area contributed by atoms with Crippen LogP contribution in [0.1, 0.15) is 35.6 Å². The minimum atomic E-state index is 0.208. The molecule has 0 saturated heterocycles. The lowest BCUT2D eigenvalue weighted by molar-refractivity contribution is 0.354. The van der Waals surface area contributed by atoms with Gasteiger partial charge in [-0.2, -0.15) is 4.98 Å². The van der Waals surface area contributed by atoms with E-state index in [4.69, 9.17) is 14.0 Å². The molecule has 0 amide bonds. The standard InChI is InChI=1S/C26H27N3O4/c1-13-9-18(30)7-8-19(13)23-15(3)29-14(2)10-17-11-21(31-5)22(32-6)12-20(17)25(29)24(23)26-27-16(4)28-33-26/h7-9,11-12,14,30H,10H2,1-6H3. The molecule has 0 saturated carbocycles. The zero-order valence-electron chi connectivity index (χ0n) is 19.7. The number of hydrogen-bond donors (Lipinski definition) is 1. The molecule has 7 nitrogen and oxygen atoms in total. The lowest BCUT2D eigenvalue weighted by Gasteiger charge is -2.28. The zero-order chi connectivity index (χ0) is 23.4. The van der Waals surface area contributed by atoms with Gasteiger partial charge in [0, 0.05) is 22.9 Å². The molecular weight excluding hydrogens is 418 g/mol. The van der Waals surface area contributed by atoms with Gasteiger partial charge < -0.3 is 23.7 Å². The van der Waals surface area contributed by atoms with Crippen molar-refractivity contribution in [2.45, 2.75) is 40.2 Å². The van der Waals surface area contributed by atoms with Gasteiger partial charge in [0.2, 0.25) is 0 Å². The summed E-state index contributed by atoms with van der Waals surface area (Å²) in [6.07, 6.45) is 0.856. The van der Waals surface area contributed by atoms with Crippen molar-refractivity contribution < 1.29 is 19.1 Å². The Balaban J connectivity index is 1.91. The fraction of sp³-hybridized carbons (Fsp3) is 0.308. The first-order valence-electron chi connectivity index (χ1n) is 10.9. The van der Waals surface area contributed by atoms with Crippen LogP contribution in [0.25, 0.3) is 33.8 Å². The molecule has 0 radical (unpaired) electrons. The van der Waals surface area contributed by atoms with Crippen LogP contribution in [-0.2, 0) is 6.42 Å². The highest BCUT2D eigenvalue weighted by molar-refractivity contribution is 5.96. The van der Waals surface area contributed by atoms with Crippen molar-refractivity contribution in [1.82, 2.24) is 14.7 Å². The lowest BCUT2D eigenvalue weighted by atomic mass is 9.90. The largest absolute Gasteiger partial charge is 0.508 e. The topological polar surface area (TPSA) is 82.5 Å². The molecule has 0 spiro atoms. The van der Waals surface area contributed by atoms with Crippen LogP contribution >= 0.6 is 0 Å². The van der Waals surface area contributed by atoms with E-state index in [1.54, 1.807) is 26.4 Å². The van der Waals surface area contributed by atoms with Crippen LogP contribution in [0.2, 0.25) is 0 Å². The van der Waals surface area contributed by atoms with E-state index in [1.165, 1.54) is 5.56 Å². The second-order valence-electron chi connectivity index (χ2n) is 8.62. The Bertz CT molecular complexity index is 1380. The molecule has 7 heteroatoms. The molecule has 1 N–H and O–H groups in total. The summed E-state index contributed by atoms with van der Waals surface area (Å²) in [4.78, 5) is 4.61. The number of phenolic OH excluding ortho intramolecular Hbond substituents is 1. The first-order chi connectivity index (χ1) is 15.8. The van der Waals surface area contributed by atoms with Gasteiger partial charge in [0.05, 0.1) is 25.5 Å².